The molecule has 0 bridgehead atoms. The minimum atomic E-state index is -1.08. The van der Waals surface area contributed by atoms with Gasteiger partial charge in [-0.1, -0.05) is 0 Å². The Morgan fingerprint density at radius 3 is 2.38 bits per heavy atom. The molecule has 2 rings (SSSR count). The first kappa shape index (κ1) is 15.2. The number of aliphatic carboxylic acids is 1. The first-order chi connectivity index (χ1) is 9.99. The molecular formula is C15H19NO5. The molecule has 1 aromatic carbocycles. The lowest BCUT2D eigenvalue weighted by Gasteiger charge is -2.29. The van der Waals surface area contributed by atoms with Crippen LogP contribution < -0.4 is 9.47 Å². The molecule has 1 N–H and O–H groups in total. The second-order valence-corrected chi connectivity index (χ2v) is 5.01. The minimum absolute atomic E-state index is 0.0143. The fourth-order valence-electron chi connectivity index (χ4n) is 2.46. The predicted molar refractivity (Wildman–Crippen MR) is 75.5 cm³/mol. The third kappa shape index (κ3) is 3.09. The molecule has 0 heterocycles. The Kier molecular flexibility index (Phi) is 4.35. The van der Waals surface area contributed by atoms with Gasteiger partial charge in [0.25, 0.3) is 0 Å². The van der Waals surface area contributed by atoms with Gasteiger partial charge in [0.1, 0.15) is 11.5 Å². The van der Waals surface area contributed by atoms with Gasteiger partial charge in [-0.25, -0.2) is 4.79 Å². The van der Waals surface area contributed by atoms with Gasteiger partial charge in [-0.05, 0) is 31.0 Å². The number of nitrogens with zero attached hydrogens (tertiary/aromatic N) is 1. The molecule has 1 aliphatic rings. The number of carboxylic acid groups (broad SMARTS) is 1. The van der Waals surface area contributed by atoms with Gasteiger partial charge in [0.05, 0.1) is 14.2 Å². The van der Waals surface area contributed by atoms with Gasteiger partial charge in [-0.15, -0.1) is 0 Å². The summed E-state index contributed by atoms with van der Waals surface area (Å²) in [6.07, 6.45) is 1.66. The zero-order chi connectivity index (χ0) is 15.6. The molecular weight excluding hydrogens is 274 g/mol. The van der Waals surface area contributed by atoms with Crippen LogP contribution in [0.25, 0.3) is 0 Å². The number of carboxylic acids is 1. The van der Waals surface area contributed by atoms with E-state index in [9.17, 15) is 14.7 Å². The molecule has 1 aromatic rings. The largest absolute Gasteiger partial charge is 0.497 e. The maximum absolute atomic E-state index is 11.9. The first-order valence-corrected chi connectivity index (χ1v) is 6.73. The zero-order valence-corrected chi connectivity index (χ0v) is 12.3. The summed E-state index contributed by atoms with van der Waals surface area (Å²) >= 11 is 0. The molecule has 6 nitrogen and oxygen atoms in total. The molecule has 21 heavy (non-hydrogen) atoms. The maximum atomic E-state index is 11.9. The van der Waals surface area contributed by atoms with E-state index in [1.165, 1.54) is 26.0 Å². The van der Waals surface area contributed by atoms with Crippen LogP contribution in [0.5, 0.6) is 11.5 Å². The molecule has 0 spiro atoms. The second-order valence-electron chi connectivity index (χ2n) is 5.01. The van der Waals surface area contributed by atoms with Crippen molar-refractivity contribution in [2.75, 3.05) is 14.2 Å². The lowest BCUT2D eigenvalue weighted by Crippen LogP contribution is -2.39. The van der Waals surface area contributed by atoms with Crippen molar-refractivity contribution >= 4 is 11.9 Å². The number of benzene rings is 1. The van der Waals surface area contributed by atoms with E-state index in [0.29, 0.717) is 17.1 Å². The van der Waals surface area contributed by atoms with Crippen molar-refractivity contribution in [3.8, 4) is 11.5 Å². The molecule has 1 unspecified atom stereocenters. The van der Waals surface area contributed by atoms with Gasteiger partial charge in [-0.3, -0.25) is 4.79 Å². The van der Waals surface area contributed by atoms with E-state index in [0.717, 1.165) is 12.8 Å². The molecule has 0 saturated heterocycles. The highest BCUT2D eigenvalue weighted by Crippen LogP contribution is 2.39. The quantitative estimate of drug-likeness (QED) is 0.866. The number of carbonyl (C=O) groups is 2. The topological polar surface area (TPSA) is 76.1 Å². The van der Waals surface area contributed by atoms with Crippen LogP contribution >= 0.6 is 0 Å². The van der Waals surface area contributed by atoms with Crippen molar-refractivity contribution in [3.05, 3.63) is 23.8 Å². The van der Waals surface area contributed by atoms with Crippen LogP contribution in [0, 0.1) is 0 Å². The molecule has 114 valence electrons. The van der Waals surface area contributed by atoms with Crippen LogP contribution in [0.3, 0.4) is 0 Å². The third-order valence-electron chi connectivity index (χ3n) is 3.55. The third-order valence-corrected chi connectivity index (χ3v) is 3.55. The molecule has 0 radical (unpaired) electrons. The molecule has 0 aromatic heterocycles. The molecule has 1 fully saturated rings. The summed E-state index contributed by atoms with van der Waals surface area (Å²) < 4.78 is 10.4. The number of rotatable bonds is 6. The average Bonchev–Trinajstić information content (AvgIpc) is 3.27. The lowest BCUT2D eigenvalue weighted by atomic mass is 10.0. The van der Waals surface area contributed by atoms with Crippen molar-refractivity contribution in [3.63, 3.8) is 0 Å². The van der Waals surface area contributed by atoms with E-state index < -0.39 is 12.0 Å². The molecule has 1 atom stereocenters. The van der Waals surface area contributed by atoms with Gasteiger partial charge in [-0.2, -0.15) is 0 Å². The summed E-state index contributed by atoms with van der Waals surface area (Å²) in [4.78, 5) is 25.1. The maximum Gasteiger partial charge on any atom is 0.331 e. The molecule has 0 aliphatic heterocycles. The summed E-state index contributed by atoms with van der Waals surface area (Å²) in [6.45, 7) is 1.39. The Bertz CT molecular complexity index is 553. The van der Waals surface area contributed by atoms with Gasteiger partial charge in [0, 0.05) is 18.5 Å². The zero-order valence-electron chi connectivity index (χ0n) is 12.3. The van der Waals surface area contributed by atoms with E-state index in [2.05, 4.69) is 0 Å². The van der Waals surface area contributed by atoms with E-state index in [4.69, 9.17) is 9.47 Å². The highest BCUT2D eigenvalue weighted by Gasteiger charge is 2.41. The number of carbonyl (C=O) groups excluding carboxylic acids is 1. The average molecular weight is 293 g/mol. The smallest absolute Gasteiger partial charge is 0.331 e. The summed E-state index contributed by atoms with van der Waals surface area (Å²) in [5.74, 6) is -0.384. The van der Waals surface area contributed by atoms with Crippen molar-refractivity contribution in [1.82, 2.24) is 4.90 Å². The summed E-state index contributed by atoms with van der Waals surface area (Å²) in [5, 5.41) is 9.62. The van der Waals surface area contributed by atoms with Crippen molar-refractivity contribution < 1.29 is 24.2 Å². The number of hydrogen-bond acceptors (Lipinski definition) is 4. The highest BCUT2D eigenvalue weighted by atomic mass is 16.5. The standard InChI is InChI=1S/C15H19NO5/c1-9(17)16(10-4-5-10)14(15(18)19)12-8-11(20-2)6-7-13(12)21-3/h6-8,10,14H,4-5H2,1-3H3,(H,18,19). The predicted octanol–water partition coefficient (Wildman–Crippen LogP) is 1.84. The van der Waals surface area contributed by atoms with Crippen LogP contribution in [0.2, 0.25) is 0 Å². The van der Waals surface area contributed by atoms with Crippen LogP contribution in [-0.4, -0.2) is 42.1 Å². The summed E-state index contributed by atoms with van der Waals surface area (Å²) in [6, 6.07) is 3.86. The molecule has 1 saturated carbocycles. The van der Waals surface area contributed by atoms with Crippen molar-refractivity contribution in [2.24, 2.45) is 0 Å². The normalized spacial score (nSPS) is 15.2. The summed E-state index contributed by atoms with van der Waals surface area (Å²) in [5.41, 5.74) is 0.423. The molecule has 1 aliphatic carbocycles. The first-order valence-electron chi connectivity index (χ1n) is 6.73. The number of hydrogen-bond donors (Lipinski definition) is 1. The minimum Gasteiger partial charge on any atom is -0.497 e. The van der Waals surface area contributed by atoms with Gasteiger partial charge in [0.15, 0.2) is 6.04 Å². The fraction of sp³-hybridized carbons (Fsp3) is 0.467. The second kappa shape index (κ2) is 6.03. The van der Waals surface area contributed by atoms with Crippen LogP contribution in [-0.2, 0) is 9.59 Å². The number of ether oxygens (including phenoxy) is 2. The van der Waals surface area contributed by atoms with Crippen LogP contribution in [0.4, 0.5) is 0 Å². The van der Waals surface area contributed by atoms with Crippen LogP contribution in [0.1, 0.15) is 31.4 Å². The van der Waals surface area contributed by atoms with E-state index >= 15 is 0 Å². The number of methoxy groups -OCH3 is 2. The lowest BCUT2D eigenvalue weighted by molar-refractivity contribution is -0.150. The van der Waals surface area contributed by atoms with Gasteiger partial charge in [0.2, 0.25) is 5.91 Å². The Morgan fingerprint density at radius 2 is 1.95 bits per heavy atom. The summed E-state index contributed by atoms with van der Waals surface area (Å²) in [7, 11) is 2.98. The Hall–Kier alpha value is -2.24. The van der Waals surface area contributed by atoms with E-state index in [-0.39, 0.29) is 11.9 Å². The van der Waals surface area contributed by atoms with Crippen molar-refractivity contribution in [1.29, 1.82) is 0 Å². The molecule has 1 amide bonds. The monoisotopic (exact) mass is 293 g/mol. The van der Waals surface area contributed by atoms with Gasteiger partial charge < -0.3 is 19.5 Å². The van der Waals surface area contributed by atoms with Gasteiger partial charge >= 0.3 is 5.97 Å². The molecule has 6 heteroatoms. The Labute approximate surface area is 123 Å². The van der Waals surface area contributed by atoms with E-state index in [1.54, 1.807) is 18.2 Å². The van der Waals surface area contributed by atoms with Crippen LogP contribution in [0.15, 0.2) is 18.2 Å². The fourth-order valence-corrected chi connectivity index (χ4v) is 2.46. The Morgan fingerprint density at radius 1 is 1.29 bits per heavy atom. The van der Waals surface area contributed by atoms with E-state index in [1.807, 2.05) is 0 Å². The van der Waals surface area contributed by atoms with Crippen molar-refractivity contribution in [2.45, 2.75) is 31.8 Å². The highest BCUT2D eigenvalue weighted by molar-refractivity contribution is 5.84. The Balaban J connectivity index is 2.50. The SMILES string of the molecule is COc1ccc(OC)c(C(C(=O)O)N(C(C)=O)C2CC2)c1. The number of amides is 1.